The molecule has 0 fully saturated rings. The van der Waals surface area contributed by atoms with Gasteiger partial charge in [-0.1, -0.05) is 0 Å². The van der Waals surface area contributed by atoms with Gasteiger partial charge in [-0.05, 0) is 30.4 Å². The number of aromatic nitrogens is 4. The first-order valence-corrected chi connectivity index (χ1v) is 5.90. The van der Waals surface area contributed by atoms with E-state index in [-0.39, 0.29) is 5.82 Å². The van der Waals surface area contributed by atoms with Crippen molar-refractivity contribution in [3.05, 3.63) is 47.0 Å². The lowest BCUT2D eigenvalue weighted by Gasteiger charge is -2.04. The molecule has 4 nitrogen and oxygen atoms in total. The Balaban J connectivity index is 2.17. The highest BCUT2D eigenvalue weighted by Crippen LogP contribution is 2.16. The lowest BCUT2D eigenvalue weighted by Crippen LogP contribution is -2.05. The molecule has 18 heavy (non-hydrogen) atoms. The van der Waals surface area contributed by atoms with Crippen LogP contribution < -0.4 is 0 Å². The highest BCUT2D eigenvalue weighted by atomic mass is 32.1. The van der Waals surface area contributed by atoms with Gasteiger partial charge in [-0.2, -0.15) is 0 Å². The molecular weight excluding hydrogens is 251 g/mol. The van der Waals surface area contributed by atoms with Gasteiger partial charge in [-0.3, -0.25) is 0 Å². The van der Waals surface area contributed by atoms with Crippen molar-refractivity contribution in [3.63, 3.8) is 0 Å². The van der Waals surface area contributed by atoms with E-state index in [0.29, 0.717) is 11.3 Å². The zero-order chi connectivity index (χ0) is 12.7. The minimum atomic E-state index is -0.273. The van der Waals surface area contributed by atoms with Crippen molar-refractivity contribution < 1.29 is 4.39 Å². The largest absolute Gasteiger partial charge is 0.337 e. The Kier molecular flexibility index (Phi) is 2.52. The van der Waals surface area contributed by atoms with Crippen molar-refractivity contribution in [1.29, 1.82) is 0 Å². The van der Waals surface area contributed by atoms with Gasteiger partial charge in [0.05, 0.1) is 17.6 Å². The SMILES string of the molecule is Cn1ccnc1Cn1c(=S)[nH]c2ccc(F)cc21. The van der Waals surface area contributed by atoms with Gasteiger partial charge >= 0.3 is 0 Å². The van der Waals surface area contributed by atoms with Crippen molar-refractivity contribution >= 4 is 23.3 Å². The van der Waals surface area contributed by atoms with Crippen molar-refractivity contribution in [1.82, 2.24) is 19.1 Å². The maximum Gasteiger partial charge on any atom is 0.178 e. The third-order valence-corrected chi connectivity index (χ3v) is 3.28. The number of halogens is 1. The maximum atomic E-state index is 13.3. The van der Waals surface area contributed by atoms with E-state index >= 15 is 0 Å². The fourth-order valence-corrected chi connectivity index (χ4v) is 2.25. The van der Waals surface area contributed by atoms with Gasteiger partial charge in [0, 0.05) is 19.4 Å². The predicted molar refractivity (Wildman–Crippen MR) is 69.4 cm³/mol. The van der Waals surface area contributed by atoms with E-state index in [4.69, 9.17) is 12.2 Å². The summed E-state index contributed by atoms with van der Waals surface area (Å²) in [4.78, 5) is 7.31. The number of rotatable bonds is 2. The average molecular weight is 262 g/mol. The number of aromatic amines is 1. The lowest BCUT2D eigenvalue weighted by molar-refractivity contribution is 0.627. The molecule has 0 amide bonds. The summed E-state index contributed by atoms with van der Waals surface area (Å²) in [6.45, 7) is 0.520. The van der Waals surface area contributed by atoms with E-state index < -0.39 is 0 Å². The standard InChI is InChI=1S/C12H11FN4S/c1-16-5-4-14-11(16)7-17-10-6-8(13)2-3-9(10)15-12(17)18/h2-6H,7H2,1H3,(H,15,18). The molecule has 1 N–H and O–H groups in total. The van der Waals surface area contributed by atoms with Gasteiger partial charge in [-0.15, -0.1) is 0 Å². The Morgan fingerprint density at radius 1 is 1.44 bits per heavy atom. The molecule has 3 aromatic rings. The number of H-pyrrole nitrogens is 1. The molecule has 0 bridgehead atoms. The number of imidazole rings is 2. The molecule has 0 aliphatic rings. The molecular formula is C12H11FN4S. The smallest absolute Gasteiger partial charge is 0.178 e. The fourth-order valence-electron chi connectivity index (χ4n) is 1.97. The number of nitrogens with zero attached hydrogens (tertiary/aromatic N) is 3. The summed E-state index contributed by atoms with van der Waals surface area (Å²) >= 11 is 5.26. The number of benzene rings is 1. The summed E-state index contributed by atoms with van der Waals surface area (Å²) < 4.78 is 17.6. The second-order valence-electron chi connectivity index (χ2n) is 4.13. The molecule has 0 spiro atoms. The molecule has 2 aromatic heterocycles. The van der Waals surface area contributed by atoms with Crippen molar-refractivity contribution in [2.75, 3.05) is 0 Å². The van der Waals surface area contributed by atoms with Crippen LogP contribution in [0.5, 0.6) is 0 Å². The summed E-state index contributed by atoms with van der Waals surface area (Å²) in [5.74, 6) is 0.598. The van der Waals surface area contributed by atoms with Gasteiger partial charge in [-0.25, -0.2) is 9.37 Å². The second-order valence-corrected chi connectivity index (χ2v) is 4.52. The van der Waals surface area contributed by atoms with Crippen molar-refractivity contribution in [3.8, 4) is 0 Å². The van der Waals surface area contributed by atoms with Crippen LogP contribution in [-0.2, 0) is 13.6 Å². The monoisotopic (exact) mass is 262 g/mol. The van der Waals surface area contributed by atoms with Crippen LogP contribution in [-0.4, -0.2) is 19.1 Å². The number of aryl methyl sites for hydroxylation is 1. The average Bonchev–Trinajstić information content (AvgIpc) is 2.86. The topological polar surface area (TPSA) is 38.5 Å². The van der Waals surface area contributed by atoms with Gasteiger partial charge in [0.1, 0.15) is 11.6 Å². The Bertz CT molecular complexity index is 768. The van der Waals surface area contributed by atoms with E-state index in [9.17, 15) is 4.39 Å². The minimum absolute atomic E-state index is 0.273. The Morgan fingerprint density at radius 3 is 3.00 bits per heavy atom. The van der Waals surface area contributed by atoms with Crippen LogP contribution in [0.1, 0.15) is 5.82 Å². The number of fused-ring (bicyclic) bond motifs is 1. The molecule has 0 atom stereocenters. The van der Waals surface area contributed by atoms with E-state index in [1.165, 1.54) is 12.1 Å². The highest BCUT2D eigenvalue weighted by molar-refractivity contribution is 7.71. The molecule has 6 heteroatoms. The van der Waals surface area contributed by atoms with Crippen LogP contribution in [0.25, 0.3) is 11.0 Å². The Labute approximate surface area is 108 Å². The Morgan fingerprint density at radius 2 is 2.28 bits per heavy atom. The van der Waals surface area contributed by atoms with Gasteiger partial charge < -0.3 is 14.1 Å². The van der Waals surface area contributed by atoms with Crippen LogP contribution in [0.3, 0.4) is 0 Å². The van der Waals surface area contributed by atoms with Crippen molar-refractivity contribution in [2.45, 2.75) is 6.54 Å². The lowest BCUT2D eigenvalue weighted by atomic mass is 10.3. The quantitative estimate of drug-likeness (QED) is 0.721. The molecule has 92 valence electrons. The van der Waals surface area contributed by atoms with E-state index in [0.717, 1.165) is 16.9 Å². The molecule has 0 radical (unpaired) electrons. The third kappa shape index (κ3) is 1.74. The van der Waals surface area contributed by atoms with Gasteiger partial charge in [0.2, 0.25) is 0 Å². The predicted octanol–water partition coefficient (Wildman–Crippen LogP) is 2.62. The first-order valence-electron chi connectivity index (χ1n) is 5.49. The van der Waals surface area contributed by atoms with E-state index in [1.807, 2.05) is 22.4 Å². The van der Waals surface area contributed by atoms with E-state index in [1.54, 1.807) is 12.3 Å². The zero-order valence-corrected chi connectivity index (χ0v) is 10.5. The molecule has 0 unspecified atom stereocenters. The molecule has 0 aliphatic heterocycles. The molecule has 0 aliphatic carbocycles. The Hall–Kier alpha value is -1.95. The minimum Gasteiger partial charge on any atom is -0.337 e. The number of hydrogen-bond donors (Lipinski definition) is 1. The summed E-state index contributed by atoms with van der Waals surface area (Å²) in [6, 6.07) is 4.58. The van der Waals surface area contributed by atoms with Gasteiger partial charge in [0.15, 0.2) is 4.77 Å². The van der Waals surface area contributed by atoms with Crippen LogP contribution in [0.15, 0.2) is 30.6 Å². The molecule has 1 aromatic carbocycles. The first kappa shape index (κ1) is 11.2. The summed E-state index contributed by atoms with van der Waals surface area (Å²) in [5, 5.41) is 0. The number of nitrogens with one attached hydrogen (secondary N) is 1. The summed E-state index contributed by atoms with van der Waals surface area (Å²) in [5.41, 5.74) is 1.58. The molecule has 2 heterocycles. The number of hydrogen-bond acceptors (Lipinski definition) is 2. The second kappa shape index (κ2) is 4.06. The zero-order valence-electron chi connectivity index (χ0n) is 9.72. The van der Waals surface area contributed by atoms with Crippen LogP contribution in [0, 0.1) is 10.6 Å². The summed E-state index contributed by atoms with van der Waals surface area (Å²) in [7, 11) is 1.92. The normalized spacial score (nSPS) is 11.2. The highest BCUT2D eigenvalue weighted by Gasteiger charge is 2.08. The van der Waals surface area contributed by atoms with Crippen molar-refractivity contribution in [2.24, 2.45) is 7.05 Å². The maximum absolute atomic E-state index is 13.3. The molecule has 0 saturated heterocycles. The molecule has 3 rings (SSSR count). The first-order chi connectivity index (χ1) is 8.65. The van der Waals surface area contributed by atoms with E-state index in [2.05, 4.69) is 9.97 Å². The van der Waals surface area contributed by atoms with Crippen LogP contribution in [0.4, 0.5) is 4.39 Å². The van der Waals surface area contributed by atoms with Crippen LogP contribution in [0.2, 0.25) is 0 Å². The van der Waals surface area contributed by atoms with Gasteiger partial charge in [0.25, 0.3) is 0 Å². The fraction of sp³-hybridized carbons (Fsp3) is 0.167. The summed E-state index contributed by atoms with van der Waals surface area (Å²) in [6.07, 6.45) is 3.60. The van der Waals surface area contributed by atoms with Crippen LogP contribution >= 0.6 is 12.2 Å². The molecule has 0 saturated carbocycles. The third-order valence-electron chi connectivity index (χ3n) is 2.96.